The minimum absolute atomic E-state index is 0.0138. The number of carbonyl (C=O) groups is 1. The molecule has 0 radical (unpaired) electrons. The lowest BCUT2D eigenvalue weighted by molar-refractivity contribution is 0.0555. The molecule has 0 N–H and O–H groups in total. The van der Waals surface area contributed by atoms with Gasteiger partial charge in [0.1, 0.15) is 15.7 Å². The highest BCUT2D eigenvalue weighted by Gasteiger charge is 2.30. The number of amides is 1. The number of nitrogens with zero attached hydrogens (tertiary/aromatic N) is 5. The van der Waals surface area contributed by atoms with E-state index in [4.69, 9.17) is 4.52 Å². The zero-order valence-electron chi connectivity index (χ0n) is 19.9. The van der Waals surface area contributed by atoms with Crippen molar-refractivity contribution in [1.82, 2.24) is 24.9 Å². The zero-order valence-corrected chi connectivity index (χ0v) is 20.7. The normalized spacial score (nSPS) is 15.4. The minimum atomic E-state index is -0.294. The summed E-state index contributed by atoms with van der Waals surface area (Å²) in [6.45, 7) is 8.55. The van der Waals surface area contributed by atoms with E-state index in [1.807, 2.05) is 49.9 Å². The van der Waals surface area contributed by atoms with Gasteiger partial charge in [-0.25, -0.2) is 9.37 Å². The summed E-state index contributed by atoms with van der Waals surface area (Å²) < 4.78 is 18.8. The number of thiazole rings is 1. The Hall–Kier alpha value is -3.43. The molecule has 4 aromatic rings. The Bertz CT molecular complexity index is 1320. The van der Waals surface area contributed by atoms with Gasteiger partial charge in [0.25, 0.3) is 5.91 Å². The largest absolute Gasteiger partial charge is 0.337 e. The number of hydrogen-bond acceptors (Lipinski definition) is 7. The fraction of sp³-hybridized carbons (Fsp3) is 0.308. The quantitative estimate of drug-likeness (QED) is 0.385. The van der Waals surface area contributed by atoms with Crippen LogP contribution in [0, 0.1) is 19.7 Å². The van der Waals surface area contributed by atoms with Crippen molar-refractivity contribution in [3.8, 4) is 22.0 Å². The zero-order chi connectivity index (χ0) is 24.5. The third-order valence-corrected chi connectivity index (χ3v) is 7.53. The van der Waals surface area contributed by atoms with Gasteiger partial charge in [0.2, 0.25) is 11.7 Å². The van der Waals surface area contributed by atoms with Crippen LogP contribution in [-0.2, 0) is 0 Å². The van der Waals surface area contributed by atoms with Crippen LogP contribution in [0.1, 0.15) is 39.8 Å². The molecule has 0 bridgehead atoms. The van der Waals surface area contributed by atoms with E-state index in [0.717, 1.165) is 16.1 Å². The number of hydrogen-bond donors (Lipinski definition) is 0. The summed E-state index contributed by atoms with van der Waals surface area (Å²) in [5, 5.41) is 4.87. The van der Waals surface area contributed by atoms with Gasteiger partial charge in [-0.15, -0.1) is 11.3 Å². The second kappa shape index (κ2) is 9.67. The van der Waals surface area contributed by atoms with Crippen molar-refractivity contribution in [3.05, 3.63) is 76.4 Å². The number of carbonyl (C=O) groups excluding carboxylic acids is 1. The van der Waals surface area contributed by atoms with Crippen LogP contribution in [0.3, 0.4) is 0 Å². The van der Waals surface area contributed by atoms with Crippen LogP contribution in [0.5, 0.6) is 0 Å². The molecule has 180 valence electrons. The Morgan fingerprint density at radius 2 is 1.63 bits per heavy atom. The number of aromatic nitrogens is 3. The third-order valence-electron chi connectivity index (χ3n) is 6.34. The highest BCUT2D eigenvalue weighted by molar-refractivity contribution is 7.17. The Morgan fingerprint density at radius 3 is 2.31 bits per heavy atom. The van der Waals surface area contributed by atoms with Gasteiger partial charge in [0.15, 0.2) is 0 Å². The first kappa shape index (κ1) is 23.3. The van der Waals surface area contributed by atoms with Crippen LogP contribution >= 0.6 is 11.3 Å². The van der Waals surface area contributed by atoms with E-state index in [1.165, 1.54) is 29.0 Å². The maximum absolute atomic E-state index is 13.3. The average Bonchev–Trinajstić information content (AvgIpc) is 3.52. The van der Waals surface area contributed by atoms with E-state index < -0.39 is 0 Å². The summed E-state index contributed by atoms with van der Waals surface area (Å²) in [7, 11) is 0. The molecule has 1 saturated heterocycles. The molecule has 0 spiro atoms. The Balaban J connectivity index is 1.22. The molecular formula is C26H26FN5O2S. The first-order valence-electron chi connectivity index (χ1n) is 11.6. The van der Waals surface area contributed by atoms with E-state index in [0.29, 0.717) is 48.5 Å². The lowest BCUT2D eigenvalue weighted by Gasteiger charge is -2.36. The minimum Gasteiger partial charge on any atom is -0.337 e. The molecule has 1 atom stereocenters. The number of benzene rings is 2. The molecule has 2 aromatic heterocycles. The lowest BCUT2D eigenvalue weighted by atomic mass is 10.1. The fourth-order valence-corrected chi connectivity index (χ4v) is 5.19. The van der Waals surface area contributed by atoms with Crippen molar-refractivity contribution in [2.75, 3.05) is 26.2 Å². The molecule has 1 amide bonds. The van der Waals surface area contributed by atoms with Gasteiger partial charge in [-0.1, -0.05) is 35.0 Å². The maximum Gasteiger partial charge on any atom is 0.265 e. The number of piperazine rings is 1. The van der Waals surface area contributed by atoms with Crippen LogP contribution in [0.15, 0.2) is 53.1 Å². The summed E-state index contributed by atoms with van der Waals surface area (Å²) in [4.78, 5) is 27.1. The summed E-state index contributed by atoms with van der Waals surface area (Å²) in [5.74, 6) is 0.846. The topological polar surface area (TPSA) is 75.4 Å². The first-order valence-corrected chi connectivity index (χ1v) is 12.4. The summed E-state index contributed by atoms with van der Waals surface area (Å²) in [5.41, 5.74) is 3.61. The molecule has 35 heavy (non-hydrogen) atoms. The van der Waals surface area contributed by atoms with E-state index in [2.05, 4.69) is 20.0 Å². The maximum atomic E-state index is 13.3. The highest BCUT2D eigenvalue weighted by Crippen LogP contribution is 2.30. The second-order valence-electron chi connectivity index (χ2n) is 8.77. The van der Waals surface area contributed by atoms with Crippen molar-refractivity contribution in [2.24, 2.45) is 0 Å². The molecule has 1 unspecified atom stereocenters. The standard InChI is InChI=1S/C26H26FN5O2S/c1-16-4-6-19(7-5-16)23-29-24(34-30-23)18(3)31-12-14-32(15-13-31)26(33)22-17(2)28-25(35-22)20-8-10-21(27)11-9-20/h4-11,18H,12-15H2,1-3H3. The molecule has 7 nitrogen and oxygen atoms in total. The van der Waals surface area contributed by atoms with E-state index in [1.54, 1.807) is 12.1 Å². The Morgan fingerprint density at radius 1 is 0.971 bits per heavy atom. The lowest BCUT2D eigenvalue weighted by Crippen LogP contribution is -2.49. The average molecular weight is 492 g/mol. The predicted octanol–water partition coefficient (Wildman–Crippen LogP) is 5.14. The van der Waals surface area contributed by atoms with E-state index >= 15 is 0 Å². The van der Waals surface area contributed by atoms with E-state index in [-0.39, 0.29) is 17.8 Å². The molecule has 2 aromatic carbocycles. The van der Waals surface area contributed by atoms with Crippen LogP contribution < -0.4 is 0 Å². The van der Waals surface area contributed by atoms with Gasteiger partial charge in [0, 0.05) is 37.3 Å². The Labute approximate surface area is 207 Å². The van der Waals surface area contributed by atoms with Crippen molar-refractivity contribution >= 4 is 17.2 Å². The van der Waals surface area contributed by atoms with Gasteiger partial charge < -0.3 is 9.42 Å². The molecular weight excluding hydrogens is 465 g/mol. The number of aryl methyl sites for hydroxylation is 2. The number of rotatable bonds is 5. The molecule has 1 fully saturated rings. The van der Waals surface area contributed by atoms with Crippen LogP contribution in [0.4, 0.5) is 4.39 Å². The predicted molar refractivity (Wildman–Crippen MR) is 133 cm³/mol. The molecule has 1 aliphatic rings. The van der Waals surface area contributed by atoms with Gasteiger partial charge in [-0.2, -0.15) is 4.98 Å². The summed E-state index contributed by atoms with van der Waals surface area (Å²) in [6.07, 6.45) is 0. The van der Waals surface area contributed by atoms with E-state index in [9.17, 15) is 9.18 Å². The SMILES string of the molecule is Cc1ccc(-c2noc(C(C)N3CCN(C(=O)c4sc(-c5ccc(F)cc5)nc4C)CC3)n2)cc1. The smallest absolute Gasteiger partial charge is 0.265 e. The fourth-order valence-electron chi connectivity index (χ4n) is 4.15. The second-order valence-corrected chi connectivity index (χ2v) is 9.77. The summed E-state index contributed by atoms with van der Waals surface area (Å²) >= 11 is 1.35. The molecule has 3 heterocycles. The molecule has 1 aliphatic heterocycles. The van der Waals surface area contributed by atoms with Crippen molar-refractivity contribution < 1.29 is 13.7 Å². The molecule has 0 saturated carbocycles. The van der Waals surface area contributed by atoms with Crippen molar-refractivity contribution in [2.45, 2.75) is 26.8 Å². The first-order chi connectivity index (χ1) is 16.9. The molecule has 0 aliphatic carbocycles. The Kier molecular flexibility index (Phi) is 6.44. The van der Waals surface area contributed by atoms with Crippen LogP contribution in [-0.4, -0.2) is 57.0 Å². The third kappa shape index (κ3) is 4.87. The van der Waals surface area contributed by atoms with Crippen molar-refractivity contribution in [1.29, 1.82) is 0 Å². The molecule has 9 heteroatoms. The highest BCUT2D eigenvalue weighted by atomic mass is 32.1. The monoisotopic (exact) mass is 491 g/mol. The van der Waals surface area contributed by atoms with Gasteiger partial charge in [-0.05, 0) is 45.0 Å². The van der Waals surface area contributed by atoms with Gasteiger partial charge >= 0.3 is 0 Å². The van der Waals surface area contributed by atoms with Gasteiger partial charge in [0.05, 0.1) is 11.7 Å². The number of halogens is 1. The van der Waals surface area contributed by atoms with Crippen LogP contribution in [0.25, 0.3) is 22.0 Å². The van der Waals surface area contributed by atoms with Crippen molar-refractivity contribution in [3.63, 3.8) is 0 Å². The molecule has 5 rings (SSSR count). The summed E-state index contributed by atoms with van der Waals surface area (Å²) in [6, 6.07) is 14.2. The van der Waals surface area contributed by atoms with Crippen LogP contribution in [0.2, 0.25) is 0 Å². The van der Waals surface area contributed by atoms with Gasteiger partial charge in [-0.3, -0.25) is 9.69 Å².